The fraction of sp³-hybridized carbons (Fsp3) is 0.933. The number of ether oxygens (including phenoxy) is 1. The van der Waals surface area contributed by atoms with Crippen molar-refractivity contribution in [3.8, 4) is 6.07 Å². The molecule has 2 atom stereocenters. The molecule has 1 N–H and O–H groups in total. The molecule has 0 aromatic carbocycles. The third-order valence-electron chi connectivity index (χ3n) is 3.97. The van der Waals surface area contributed by atoms with Crippen LogP contribution in [-0.4, -0.2) is 50.3 Å². The zero-order chi connectivity index (χ0) is 14.7. The Morgan fingerprint density at radius 2 is 2.05 bits per heavy atom. The van der Waals surface area contributed by atoms with Gasteiger partial charge in [0.2, 0.25) is 0 Å². The summed E-state index contributed by atoms with van der Waals surface area (Å²) in [5, 5.41) is 12.2. The molecule has 0 aliphatic heterocycles. The van der Waals surface area contributed by atoms with Crippen molar-refractivity contribution in [2.24, 2.45) is 0 Å². The Morgan fingerprint density at radius 1 is 1.37 bits per heavy atom. The highest BCUT2D eigenvalue weighted by Gasteiger charge is 2.20. The van der Waals surface area contributed by atoms with Crippen LogP contribution >= 0.6 is 0 Å². The van der Waals surface area contributed by atoms with Gasteiger partial charge in [-0.3, -0.25) is 4.90 Å². The summed E-state index contributed by atoms with van der Waals surface area (Å²) >= 11 is 0. The molecule has 0 heterocycles. The average Bonchev–Trinajstić information content (AvgIpc) is 2.45. The molecular weight excluding hydrogens is 238 g/mol. The Bertz CT molecular complexity index is 265. The number of hydrogen-bond acceptors (Lipinski definition) is 4. The van der Waals surface area contributed by atoms with Gasteiger partial charge in [-0.15, -0.1) is 0 Å². The highest BCUT2D eigenvalue weighted by molar-refractivity contribution is 5.02. The van der Waals surface area contributed by atoms with Gasteiger partial charge in [-0.2, -0.15) is 5.26 Å². The third-order valence-corrected chi connectivity index (χ3v) is 3.97. The first kappa shape index (κ1) is 18.4. The molecule has 0 radical (unpaired) electrons. The summed E-state index contributed by atoms with van der Waals surface area (Å²) in [6.07, 6.45) is 4.27. The third kappa shape index (κ3) is 7.51. The zero-order valence-electron chi connectivity index (χ0n) is 13.3. The minimum absolute atomic E-state index is 0.381. The van der Waals surface area contributed by atoms with Gasteiger partial charge in [0.1, 0.15) is 5.54 Å². The van der Waals surface area contributed by atoms with E-state index in [0.717, 1.165) is 45.4 Å². The van der Waals surface area contributed by atoms with Gasteiger partial charge in [-0.1, -0.05) is 6.92 Å². The molecule has 0 aromatic heterocycles. The lowest BCUT2D eigenvalue weighted by atomic mass is 9.97. The lowest BCUT2D eigenvalue weighted by Crippen LogP contribution is -2.39. The summed E-state index contributed by atoms with van der Waals surface area (Å²) in [6, 6.07) is 2.94. The Kier molecular flexibility index (Phi) is 9.85. The van der Waals surface area contributed by atoms with Crippen LogP contribution in [0.5, 0.6) is 0 Å². The van der Waals surface area contributed by atoms with Gasteiger partial charge in [0, 0.05) is 19.7 Å². The van der Waals surface area contributed by atoms with Gasteiger partial charge in [-0.25, -0.2) is 0 Å². The van der Waals surface area contributed by atoms with E-state index in [1.54, 1.807) is 7.11 Å². The number of nitriles is 1. The molecule has 0 spiro atoms. The largest absolute Gasteiger partial charge is 0.383 e. The summed E-state index contributed by atoms with van der Waals surface area (Å²) < 4.78 is 5.17. The molecule has 0 aliphatic rings. The standard InChI is InChI=1S/C15H31N3O/c1-6-14(2)18(11-12-19-5)10-8-7-9-15(3,13-16)17-4/h14,17H,6-12H2,1-5H3. The molecular formula is C15H31N3O. The van der Waals surface area contributed by atoms with E-state index in [-0.39, 0.29) is 5.54 Å². The molecule has 0 rings (SSSR count). The minimum Gasteiger partial charge on any atom is -0.383 e. The summed E-state index contributed by atoms with van der Waals surface area (Å²) in [4.78, 5) is 2.48. The SMILES string of the molecule is CCC(C)N(CCCCC(C)(C#N)NC)CCOC. The van der Waals surface area contributed by atoms with Crippen LogP contribution in [0.25, 0.3) is 0 Å². The second-order valence-electron chi connectivity index (χ2n) is 5.44. The van der Waals surface area contributed by atoms with Crippen LogP contribution in [0.4, 0.5) is 0 Å². The van der Waals surface area contributed by atoms with Crippen molar-refractivity contribution >= 4 is 0 Å². The summed E-state index contributed by atoms with van der Waals surface area (Å²) in [5.74, 6) is 0. The lowest BCUT2D eigenvalue weighted by Gasteiger charge is -2.28. The van der Waals surface area contributed by atoms with E-state index in [1.807, 2.05) is 14.0 Å². The molecule has 0 bridgehead atoms. The van der Waals surface area contributed by atoms with Crippen LogP contribution in [-0.2, 0) is 4.74 Å². The smallest absolute Gasteiger partial charge is 0.103 e. The van der Waals surface area contributed by atoms with Gasteiger partial charge in [0.15, 0.2) is 0 Å². The Morgan fingerprint density at radius 3 is 2.53 bits per heavy atom. The van der Waals surface area contributed by atoms with E-state index < -0.39 is 0 Å². The van der Waals surface area contributed by atoms with Gasteiger partial charge >= 0.3 is 0 Å². The molecule has 112 valence electrons. The van der Waals surface area contributed by atoms with Crippen LogP contribution in [0.3, 0.4) is 0 Å². The van der Waals surface area contributed by atoms with Crippen molar-refractivity contribution in [3.63, 3.8) is 0 Å². The molecule has 0 saturated carbocycles. The van der Waals surface area contributed by atoms with Crippen molar-refractivity contribution in [1.29, 1.82) is 5.26 Å². The number of methoxy groups -OCH3 is 1. The monoisotopic (exact) mass is 269 g/mol. The maximum absolute atomic E-state index is 9.10. The van der Waals surface area contributed by atoms with Crippen LogP contribution in [0, 0.1) is 11.3 Å². The van der Waals surface area contributed by atoms with Crippen molar-refractivity contribution in [1.82, 2.24) is 10.2 Å². The quantitative estimate of drug-likeness (QED) is 0.585. The van der Waals surface area contributed by atoms with Gasteiger partial charge in [0.25, 0.3) is 0 Å². The maximum atomic E-state index is 9.10. The molecule has 0 aromatic rings. The highest BCUT2D eigenvalue weighted by atomic mass is 16.5. The van der Waals surface area contributed by atoms with E-state index in [2.05, 4.69) is 30.1 Å². The molecule has 0 amide bonds. The van der Waals surface area contributed by atoms with Crippen LogP contribution < -0.4 is 5.32 Å². The molecule has 0 aliphatic carbocycles. The van der Waals surface area contributed by atoms with E-state index in [4.69, 9.17) is 10.00 Å². The molecule has 0 fully saturated rings. The average molecular weight is 269 g/mol. The second kappa shape index (κ2) is 10.2. The molecule has 4 heteroatoms. The van der Waals surface area contributed by atoms with Crippen LogP contribution in [0.2, 0.25) is 0 Å². The van der Waals surface area contributed by atoms with Crippen LogP contribution in [0.15, 0.2) is 0 Å². The Balaban J connectivity index is 4.02. The second-order valence-corrected chi connectivity index (χ2v) is 5.44. The predicted molar refractivity (Wildman–Crippen MR) is 80.1 cm³/mol. The molecule has 19 heavy (non-hydrogen) atoms. The molecule has 4 nitrogen and oxygen atoms in total. The number of rotatable bonds is 11. The van der Waals surface area contributed by atoms with Gasteiger partial charge < -0.3 is 10.1 Å². The predicted octanol–water partition coefficient (Wildman–Crippen LogP) is 2.41. The maximum Gasteiger partial charge on any atom is 0.103 e. The molecule has 0 saturated heterocycles. The fourth-order valence-corrected chi connectivity index (χ4v) is 2.05. The topological polar surface area (TPSA) is 48.3 Å². The summed E-state index contributed by atoms with van der Waals surface area (Å²) in [6.45, 7) is 9.32. The van der Waals surface area contributed by atoms with E-state index in [0.29, 0.717) is 6.04 Å². The van der Waals surface area contributed by atoms with Crippen molar-refractivity contribution in [2.45, 2.75) is 58.0 Å². The first-order chi connectivity index (χ1) is 9.02. The minimum atomic E-state index is -0.381. The fourth-order valence-electron chi connectivity index (χ4n) is 2.05. The summed E-state index contributed by atoms with van der Waals surface area (Å²) in [5.41, 5.74) is -0.381. The first-order valence-electron chi connectivity index (χ1n) is 7.36. The van der Waals surface area contributed by atoms with Crippen molar-refractivity contribution in [2.75, 3.05) is 33.9 Å². The Hall–Kier alpha value is -0.630. The lowest BCUT2D eigenvalue weighted by molar-refractivity contribution is 0.121. The van der Waals surface area contributed by atoms with Crippen molar-refractivity contribution < 1.29 is 4.74 Å². The first-order valence-corrected chi connectivity index (χ1v) is 7.36. The van der Waals surface area contributed by atoms with E-state index in [1.165, 1.54) is 0 Å². The number of unbranched alkanes of at least 4 members (excludes halogenated alkanes) is 1. The van der Waals surface area contributed by atoms with Crippen LogP contribution in [0.1, 0.15) is 46.5 Å². The molecule has 2 unspecified atom stereocenters. The number of hydrogen-bond donors (Lipinski definition) is 1. The van der Waals surface area contributed by atoms with E-state index >= 15 is 0 Å². The Labute approximate surface area is 119 Å². The zero-order valence-corrected chi connectivity index (χ0v) is 13.3. The van der Waals surface area contributed by atoms with Gasteiger partial charge in [0.05, 0.1) is 12.7 Å². The van der Waals surface area contributed by atoms with E-state index in [9.17, 15) is 0 Å². The van der Waals surface area contributed by atoms with Crippen molar-refractivity contribution in [3.05, 3.63) is 0 Å². The normalized spacial score (nSPS) is 16.1. The number of nitrogens with one attached hydrogen (secondary N) is 1. The summed E-state index contributed by atoms with van der Waals surface area (Å²) in [7, 11) is 3.60. The number of nitrogens with zero attached hydrogens (tertiary/aromatic N) is 2. The highest BCUT2D eigenvalue weighted by Crippen LogP contribution is 2.13. The van der Waals surface area contributed by atoms with Gasteiger partial charge in [-0.05, 0) is 53.1 Å².